The van der Waals surface area contributed by atoms with E-state index >= 15 is 0 Å². The Morgan fingerprint density at radius 3 is 2.55 bits per heavy atom. The predicted molar refractivity (Wildman–Crippen MR) is 115 cm³/mol. The first-order chi connectivity index (χ1) is 14.2. The molecule has 1 amide bonds. The number of carbonyl (C=O) groups is 1. The number of nitrogens with zero attached hydrogens (tertiary/aromatic N) is 2. The summed E-state index contributed by atoms with van der Waals surface area (Å²) in [5, 5.41) is 11.3. The van der Waals surface area contributed by atoms with E-state index in [9.17, 15) is 4.79 Å². The van der Waals surface area contributed by atoms with Crippen LogP contribution in [0.25, 0.3) is 11.3 Å². The van der Waals surface area contributed by atoms with E-state index in [1.807, 2.05) is 10.7 Å². The highest BCUT2D eigenvalue weighted by molar-refractivity contribution is 5.80. The molecular weight excluding hydrogens is 360 g/mol. The zero-order valence-electron chi connectivity index (χ0n) is 16.9. The lowest BCUT2D eigenvalue weighted by molar-refractivity contribution is -0.122. The average Bonchev–Trinajstić information content (AvgIpc) is 3.51. The summed E-state index contributed by atoms with van der Waals surface area (Å²) in [6.45, 7) is 4.97. The molecule has 0 spiro atoms. The van der Waals surface area contributed by atoms with Gasteiger partial charge in [0.1, 0.15) is 0 Å². The Morgan fingerprint density at radius 1 is 1.07 bits per heavy atom. The maximum absolute atomic E-state index is 11.7. The standard InChI is InChI=1S/C24H28N4O/c1-18-7-9-20(10-8-18)23-22(15-25-13-14-26-24(29)21-11-12-21)17-28(27-23)16-19-5-3-2-4-6-19/h2-10,17,21,25H,11-16H2,1H3,(H,26,29). The molecule has 0 saturated heterocycles. The number of hydrogen-bond acceptors (Lipinski definition) is 3. The lowest BCUT2D eigenvalue weighted by atomic mass is 10.1. The van der Waals surface area contributed by atoms with E-state index in [2.05, 4.69) is 72.3 Å². The smallest absolute Gasteiger partial charge is 0.223 e. The summed E-state index contributed by atoms with van der Waals surface area (Å²) in [5.41, 5.74) is 5.77. The highest BCUT2D eigenvalue weighted by atomic mass is 16.2. The summed E-state index contributed by atoms with van der Waals surface area (Å²) in [4.78, 5) is 11.7. The van der Waals surface area contributed by atoms with Crippen molar-refractivity contribution in [3.05, 3.63) is 77.5 Å². The molecule has 2 aromatic carbocycles. The SMILES string of the molecule is Cc1ccc(-c2nn(Cc3ccccc3)cc2CNCCNC(=O)C2CC2)cc1. The molecule has 1 aromatic heterocycles. The molecule has 150 valence electrons. The number of hydrogen-bond donors (Lipinski definition) is 2. The largest absolute Gasteiger partial charge is 0.355 e. The number of aromatic nitrogens is 2. The van der Waals surface area contributed by atoms with E-state index in [-0.39, 0.29) is 11.8 Å². The second-order valence-corrected chi connectivity index (χ2v) is 7.79. The topological polar surface area (TPSA) is 59.0 Å². The fraction of sp³-hybridized carbons (Fsp3) is 0.333. The van der Waals surface area contributed by atoms with Gasteiger partial charge in [-0.3, -0.25) is 9.48 Å². The fourth-order valence-electron chi connectivity index (χ4n) is 3.38. The molecular formula is C24H28N4O. The van der Waals surface area contributed by atoms with Crippen molar-refractivity contribution in [2.45, 2.75) is 32.9 Å². The van der Waals surface area contributed by atoms with Gasteiger partial charge in [0, 0.05) is 42.9 Å². The third-order valence-electron chi connectivity index (χ3n) is 5.21. The minimum atomic E-state index is 0.197. The Balaban J connectivity index is 1.43. The number of benzene rings is 2. The quantitative estimate of drug-likeness (QED) is 0.552. The molecule has 3 aromatic rings. The van der Waals surface area contributed by atoms with Crippen molar-refractivity contribution in [1.82, 2.24) is 20.4 Å². The van der Waals surface area contributed by atoms with Crippen LogP contribution in [-0.2, 0) is 17.9 Å². The lowest BCUT2D eigenvalue weighted by Gasteiger charge is -2.07. The Kier molecular flexibility index (Phi) is 6.06. The molecule has 4 rings (SSSR count). The molecule has 1 aliphatic rings. The maximum atomic E-state index is 11.7. The molecule has 0 aliphatic heterocycles. The molecule has 29 heavy (non-hydrogen) atoms. The summed E-state index contributed by atoms with van der Waals surface area (Å²) in [6, 6.07) is 18.9. The van der Waals surface area contributed by atoms with E-state index in [1.54, 1.807) is 0 Å². The van der Waals surface area contributed by atoms with Crippen LogP contribution in [0.3, 0.4) is 0 Å². The van der Waals surface area contributed by atoms with E-state index in [0.717, 1.165) is 43.7 Å². The molecule has 1 aliphatic carbocycles. The summed E-state index contributed by atoms with van der Waals surface area (Å²) in [5.74, 6) is 0.460. The van der Waals surface area contributed by atoms with E-state index in [0.29, 0.717) is 6.54 Å². The summed E-state index contributed by atoms with van der Waals surface area (Å²) in [7, 11) is 0. The van der Waals surface area contributed by atoms with E-state index < -0.39 is 0 Å². The second-order valence-electron chi connectivity index (χ2n) is 7.79. The Labute approximate surface area is 172 Å². The van der Waals surface area contributed by atoms with Gasteiger partial charge in [-0.05, 0) is 25.3 Å². The van der Waals surface area contributed by atoms with Crippen molar-refractivity contribution < 1.29 is 4.79 Å². The molecule has 0 unspecified atom stereocenters. The molecule has 1 fully saturated rings. The van der Waals surface area contributed by atoms with Gasteiger partial charge in [-0.2, -0.15) is 5.10 Å². The first-order valence-electron chi connectivity index (χ1n) is 10.3. The van der Waals surface area contributed by atoms with Crippen LogP contribution in [-0.4, -0.2) is 28.8 Å². The van der Waals surface area contributed by atoms with Gasteiger partial charge in [0.15, 0.2) is 0 Å². The summed E-state index contributed by atoms with van der Waals surface area (Å²) >= 11 is 0. The van der Waals surface area contributed by atoms with Crippen molar-refractivity contribution in [3.8, 4) is 11.3 Å². The first kappa shape index (κ1) is 19.4. The highest BCUT2D eigenvalue weighted by Gasteiger charge is 2.28. The Hall–Kier alpha value is -2.92. The average molecular weight is 389 g/mol. The van der Waals surface area contributed by atoms with E-state index in [1.165, 1.54) is 16.7 Å². The minimum Gasteiger partial charge on any atom is -0.355 e. The zero-order chi connectivity index (χ0) is 20.1. The molecule has 1 heterocycles. The van der Waals surface area contributed by atoms with Crippen molar-refractivity contribution in [3.63, 3.8) is 0 Å². The molecule has 1 saturated carbocycles. The summed E-state index contributed by atoms with van der Waals surface area (Å²) < 4.78 is 2.01. The molecule has 5 nitrogen and oxygen atoms in total. The number of aryl methyl sites for hydroxylation is 1. The van der Waals surface area contributed by atoms with Gasteiger partial charge in [0.2, 0.25) is 5.91 Å². The number of nitrogens with one attached hydrogen (secondary N) is 2. The fourth-order valence-corrected chi connectivity index (χ4v) is 3.38. The third-order valence-corrected chi connectivity index (χ3v) is 5.21. The van der Waals surface area contributed by atoms with Crippen molar-refractivity contribution in [2.24, 2.45) is 5.92 Å². The van der Waals surface area contributed by atoms with Gasteiger partial charge in [-0.1, -0.05) is 60.2 Å². The monoisotopic (exact) mass is 388 g/mol. The van der Waals surface area contributed by atoms with Crippen LogP contribution < -0.4 is 10.6 Å². The van der Waals surface area contributed by atoms with E-state index in [4.69, 9.17) is 5.10 Å². The van der Waals surface area contributed by atoms with Gasteiger partial charge < -0.3 is 10.6 Å². The summed E-state index contributed by atoms with van der Waals surface area (Å²) in [6.07, 6.45) is 4.21. The molecule has 2 N–H and O–H groups in total. The lowest BCUT2D eigenvalue weighted by Crippen LogP contribution is -2.32. The zero-order valence-corrected chi connectivity index (χ0v) is 16.9. The highest BCUT2D eigenvalue weighted by Crippen LogP contribution is 2.28. The Morgan fingerprint density at radius 2 is 1.83 bits per heavy atom. The Bertz CT molecular complexity index is 943. The van der Waals surface area contributed by atoms with Crippen LogP contribution >= 0.6 is 0 Å². The predicted octanol–water partition coefficient (Wildman–Crippen LogP) is 3.52. The van der Waals surface area contributed by atoms with Crippen LogP contribution in [0.5, 0.6) is 0 Å². The number of amides is 1. The van der Waals surface area contributed by atoms with Crippen molar-refractivity contribution in [2.75, 3.05) is 13.1 Å². The maximum Gasteiger partial charge on any atom is 0.223 e. The van der Waals surface area contributed by atoms with Crippen molar-refractivity contribution >= 4 is 5.91 Å². The molecule has 0 atom stereocenters. The van der Waals surface area contributed by atoms with Crippen LogP contribution in [0, 0.1) is 12.8 Å². The molecule has 0 bridgehead atoms. The van der Waals surface area contributed by atoms with Gasteiger partial charge in [-0.15, -0.1) is 0 Å². The van der Waals surface area contributed by atoms with Crippen LogP contribution in [0.4, 0.5) is 0 Å². The van der Waals surface area contributed by atoms with Crippen molar-refractivity contribution in [1.29, 1.82) is 0 Å². The van der Waals surface area contributed by atoms with Gasteiger partial charge >= 0.3 is 0 Å². The van der Waals surface area contributed by atoms with Gasteiger partial charge in [-0.25, -0.2) is 0 Å². The third kappa shape index (κ3) is 5.33. The number of rotatable bonds is 9. The second kappa shape index (κ2) is 9.05. The normalized spacial score (nSPS) is 13.4. The number of carbonyl (C=O) groups excluding carboxylic acids is 1. The van der Waals surface area contributed by atoms with Crippen LogP contribution in [0.2, 0.25) is 0 Å². The van der Waals surface area contributed by atoms with Gasteiger partial charge in [0.05, 0.1) is 12.2 Å². The molecule has 5 heteroatoms. The minimum absolute atomic E-state index is 0.197. The van der Waals surface area contributed by atoms with Gasteiger partial charge in [0.25, 0.3) is 0 Å². The first-order valence-corrected chi connectivity index (χ1v) is 10.3. The van der Waals surface area contributed by atoms with Crippen LogP contribution in [0.1, 0.15) is 29.5 Å². The molecule has 0 radical (unpaired) electrons. The van der Waals surface area contributed by atoms with Crippen LogP contribution in [0.15, 0.2) is 60.8 Å².